The van der Waals surface area contributed by atoms with Gasteiger partial charge in [-0.05, 0) is 25.0 Å². The molecule has 0 unspecified atom stereocenters. The van der Waals surface area contributed by atoms with Crippen molar-refractivity contribution in [3.05, 3.63) is 35.4 Å². The van der Waals surface area contributed by atoms with E-state index in [0.717, 1.165) is 19.3 Å². The minimum absolute atomic E-state index is 0.277. The predicted octanol–water partition coefficient (Wildman–Crippen LogP) is 6.33. The van der Waals surface area contributed by atoms with Gasteiger partial charge in [-0.3, -0.25) is 0 Å². The van der Waals surface area contributed by atoms with Crippen molar-refractivity contribution in [1.82, 2.24) is 0 Å². The smallest absolute Gasteiger partial charge is 0.339 e. The van der Waals surface area contributed by atoms with E-state index < -0.39 is 11.9 Å². The predicted molar refractivity (Wildman–Crippen MR) is 109 cm³/mol. The van der Waals surface area contributed by atoms with Gasteiger partial charge in [-0.15, -0.1) is 0 Å². The summed E-state index contributed by atoms with van der Waals surface area (Å²) < 4.78 is 10.5. The number of esters is 2. The second kappa shape index (κ2) is 15.2. The van der Waals surface area contributed by atoms with Gasteiger partial charge in [0, 0.05) is 0 Å². The first-order chi connectivity index (χ1) is 13.2. The molecule has 0 bridgehead atoms. The van der Waals surface area contributed by atoms with E-state index in [1.165, 1.54) is 51.4 Å². The van der Waals surface area contributed by atoms with E-state index in [0.29, 0.717) is 13.2 Å². The monoisotopic (exact) mass is 376 g/mol. The summed E-state index contributed by atoms with van der Waals surface area (Å²) in [6, 6.07) is 6.67. The maximum atomic E-state index is 12.3. The van der Waals surface area contributed by atoms with Crippen molar-refractivity contribution >= 4 is 11.9 Å². The van der Waals surface area contributed by atoms with Crippen LogP contribution >= 0.6 is 0 Å². The van der Waals surface area contributed by atoms with Gasteiger partial charge in [0.25, 0.3) is 0 Å². The van der Waals surface area contributed by atoms with E-state index >= 15 is 0 Å². The van der Waals surface area contributed by atoms with Crippen molar-refractivity contribution in [1.29, 1.82) is 0 Å². The molecule has 152 valence electrons. The third-order valence-corrected chi connectivity index (χ3v) is 4.54. The Labute approximate surface area is 164 Å². The number of carbonyl (C=O) groups is 2. The maximum absolute atomic E-state index is 12.3. The second-order valence-corrected chi connectivity index (χ2v) is 7.00. The molecule has 0 N–H and O–H groups in total. The van der Waals surface area contributed by atoms with Crippen LogP contribution in [0, 0.1) is 0 Å². The van der Waals surface area contributed by atoms with Gasteiger partial charge in [-0.1, -0.05) is 83.8 Å². The van der Waals surface area contributed by atoms with E-state index in [2.05, 4.69) is 6.92 Å². The molecule has 27 heavy (non-hydrogen) atoms. The summed E-state index contributed by atoms with van der Waals surface area (Å²) in [7, 11) is 0. The Kier molecular flexibility index (Phi) is 13.1. The van der Waals surface area contributed by atoms with Gasteiger partial charge in [-0.25, -0.2) is 9.59 Å². The zero-order valence-corrected chi connectivity index (χ0v) is 17.1. The van der Waals surface area contributed by atoms with Gasteiger partial charge in [0.15, 0.2) is 0 Å². The van der Waals surface area contributed by atoms with Crippen molar-refractivity contribution < 1.29 is 19.1 Å². The van der Waals surface area contributed by atoms with Gasteiger partial charge in [0.2, 0.25) is 0 Å². The molecule has 0 radical (unpaired) electrons. The Bertz CT molecular complexity index is 539. The molecule has 0 aliphatic carbocycles. The highest BCUT2D eigenvalue weighted by molar-refractivity contribution is 6.03. The quantitative estimate of drug-likeness (QED) is 0.265. The molecule has 1 rings (SSSR count). The first-order valence-electron chi connectivity index (χ1n) is 10.6. The normalized spacial score (nSPS) is 10.6. The van der Waals surface area contributed by atoms with Crippen LogP contribution in [-0.2, 0) is 9.47 Å². The SMILES string of the molecule is CCCCCCCCCCCCOC(=O)c1ccccc1C(=O)OCCC. The van der Waals surface area contributed by atoms with Crippen LogP contribution in [-0.4, -0.2) is 25.2 Å². The van der Waals surface area contributed by atoms with Crippen molar-refractivity contribution in [3.8, 4) is 0 Å². The average molecular weight is 377 g/mol. The highest BCUT2D eigenvalue weighted by atomic mass is 16.5. The Hall–Kier alpha value is -1.84. The number of ether oxygens (including phenoxy) is 2. The molecule has 0 amide bonds. The van der Waals surface area contributed by atoms with Gasteiger partial charge in [0.1, 0.15) is 0 Å². The molecule has 0 saturated heterocycles. The van der Waals surface area contributed by atoms with Crippen LogP contribution in [0.5, 0.6) is 0 Å². The fraction of sp³-hybridized carbons (Fsp3) is 0.652. The van der Waals surface area contributed by atoms with E-state index in [1.807, 2.05) is 6.92 Å². The van der Waals surface area contributed by atoms with Gasteiger partial charge < -0.3 is 9.47 Å². The summed E-state index contributed by atoms with van der Waals surface area (Å²) in [5.41, 5.74) is 0.560. The topological polar surface area (TPSA) is 52.6 Å². The Morgan fingerprint density at radius 2 is 1.07 bits per heavy atom. The lowest BCUT2D eigenvalue weighted by atomic mass is 10.1. The van der Waals surface area contributed by atoms with Gasteiger partial charge >= 0.3 is 11.9 Å². The molecule has 0 spiro atoms. The molecule has 0 atom stereocenters. The van der Waals surface area contributed by atoms with Crippen LogP contribution in [0.3, 0.4) is 0 Å². The molecule has 0 saturated carbocycles. The molecule has 0 aliphatic rings. The minimum Gasteiger partial charge on any atom is -0.462 e. The number of benzene rings is 1. The summed E-state index contributed by atoms with van der Waals surface area (Å²) in [6.07, 6.45) is 13.1. The molecule has 0 aromatic heterocycles. The fourth-order valence-corrected chi connectivity index (χ4v) is 2.94. The van der Waals surface area contributed by atoms with Crippen LogP contribution in [0.4, 0.5) is 0 Å². The van der Waals surface area contributed by atoms with Crippen LogP contribution in [0.2, 0.25) is 0 Å². The average Bonchev–Trinajstić information content (AvgIpc) is 2.70. The highest BCUT2D eigenvalue weighted by Crippen LogP contribution is 2.14. The number of carbonyl (C=O) groups excluding carboxylic acids is 2. The highest BCUT2D eigenvalue weighted by Gasteiger charge is 2.18. The standard InChI is InChI=1S/C23H36O4/c1-3-5-6-7-8-9-10-11-12-15-19-27-23(25)21-17-14-13-16-20(21)22(24)26-18-4-2/h13-14,16-17H,3-12,15,18-19H2,1-2H3. The molecular weight excluding hydrogens is 340 g/mol. The zero-order valence-electron chi connectivity index (χ0n) is 17.1. The lowest BCUT2D eigenvalue weighted by molar-refractivity contribution is 0.0454. The lowest BCUT2D eigenvalue weighted by Crippen LogP contribution is -2.14. The molecule has 4 heteroatoms. The summed E-state index contributed by atoms with van der Waals surface area (Å²) >= 11 is 0. The molecular formula is C23H36O4. The number of unbranched alkanes of at least 4 members (excludes halogenated alkanes) is 9. The van der Waals surface area contributed by atoms with Crippen molar-refractivity contribution in [2.24, 2.45) is 0 Å². The van der Waals surface area contributed by atoms with E-state index in [1.54, 1.807) is 24.3 Å². The largest absolute Gasteiger partial charge is 0.462 e. The van der Waals surface area contributed by atoms with Crippen LogP contribution < -0.4 is 0 Å². The first kappa shape index (κ1) is 23.2. The van der Waals surface area contributed by atoms with E-state index in [4.69, 9.17) is 9.47 Å². The maximum Gasteiger partial charge on any atom is 0.339 e. The molecule has 0 aliphatic heterocycles. The van der Waals surface area contributed by atoms with Crippen LogP contribution in [0.1, 0.15) is 105 Å². The fourth-order valence-electron chi connectivity index (χ4n) is 2.94. The number of hydrogen-bond acceptors (Lipinski definition) is 4. The van der Waals surface area contributed by atoms with Gasteiger partial charge in [-0.2, -0.15) is 0 Å². The summed E-state index contributed by atoms with van der Waals surface area (Å²) in [6.45, 7) is 4.91. The summed E-state index contributed by atoms with van der Waals surface area (Å²) in [4.78, 5) is 24.3. The summed E-state index contributed by atoms with van der Waals surface area (Å²) in [5.74, 6) is -0.918. The zero-order chi connectivity index (χ0) is 19.7. The molecule has 1 aromatic rings. The number of hydrogen-bond donors (Lipinski definition) is 0. The Morgan fingerprint density at radius 1 is 0.630 bits per heavy atom. The van der Waals surface area contributed by atoms with Crippen LogP contribution in [0.25, 0.3) is 0 Å². The Balaban J connectivity index is 2.21. The second-order valence-electron chi connectivity index (χ2n) is 7.00. The molecule has 0 fully saturated rings. The van der Waals surface area contributed by atoms with E-state index in [9.17, 15) is 9.59 Å². The van der Waals surface area contributed by atoms with Gasteiger partial charge in [0.05, 0.1) is 24.3 Å². The first-order valence-corrected chi connectivity index (χ1v) is 10.6. The Morgan fingerprint density at radius 3 is 1.56 bits per heavy atom. The number of rotatable bonds is 15. The molecule has 1 aromatic carbocycles. The molecule has 0 heterocycles. The van der Waals surface area contributed by atoms with Crippen molar-refractivity contribution in [3.63, 3.8) is 0 Å². The van der Waals surface area contributed by atoms with Crippen molar-refractivity contribution in [2.75, 3.05) is 13.2 Å². The molecule has 4 nitrogen and oxygen atoms in total. The summed E-state index contributed by atoms with van der Waals surface area (Å²) in [5, 5.41) is 0. The lowest BCUT2D eigenvalue weighted by Gasteiger charge is -2.09. The van der Waals surface area contributed by atoms with E-state index in [-0.39, 0.29) is 11.1 Å². The van der Waals surface area contributed by atoms with Crippen LogP contribution in [0.15, 0.2) is 24.3 Å². The third kappa shape index (κ3) is 10.2. The van der Waals surface area contributed by atoms with Crippen molar-refractivity contribution in [2.45, 2.75) is 84.5 Å². The minimum atomic E-state index is -0.469. The third-order valence-electron chi connectivity index (χ3n) is 4.54.